The van der Waals surface area contributed by atoms with E-state index in [1.165, 1.54) is 16.6 Å². The molecule has 3 aliphatic rings. The van der Waals surface area contributed by atoms with Crippen molar-refractivity contribution in [1.82, 2.24) is 24.5 Å². The summed E-state index contributed by atoms with van der Waals surface area (Å²) >= 11 is 0. The Bertz CT molecular complexity index is 1220. The molecule has 2 fully saturated rings. The van der Waals surface area contributed by atoms with E-state index in [0.29, 0.717) is 29.8 Å². The maximum Gasteiger partial charge on any atom is 0.586 e. The quantitative estimate of drug-likeness (QED) is 0.600. The van der Waals surface area contributed by atoms with Crippen LogP contribution in [0.1, 0.15) is 5.82 Å². The van der Waals surface area contributed by atoms with Crippen molar-refractivity contribution in [3.63, 3.8) is 0 Å². The Kier molecular flexibility index (Phi) is 4.03. The van der Waals surface area contributed by atoms with Crippen molar-refractivity contribution in [1.29, 1.82) is 0 Å². The van der Waals surface area contributed by atoms with Gasteiger partial charge in [0.25, 0.3) is 5.92 Å². The zero-order chi connectivity index (χ0) is 22.3. The highest BCUT2D eigenvalue weighted by Gasteiger charge is 2.54. The number of rotatable bonds is 3. The average Bonchev–Trinajstić information content (AvgIpc) is 3.26. The average molecular weight is 454 g/mol. The summed E-state index contributed by atoms with van der Waals surface area (Å²) < 4.78 is 71.3. The molecule has 2 aromatic heterocycles. The summed E-state index contributed by atoms with van der Waals surface area (Å²) in [6, 6.07) is 2.88. The van der Waals surface area contributed by atoms with E-state index in [2.05, 4.69) is 24.5 Å². The molecule has 0 aliphatic carbocycles. The van der Waals surface area contributed by atoms with Gasteiger partial charge in [0.2, 0.25) is 5.95 Å². The normalized spacial score (nSPS) is 26.1. The number of anilines is 1. The number of halogens is 4. The smallest absolute Gasteiger partial charge is 0.395 e. The van der Waals surface area contributed by atoms with Crippen molar-refractivity contribution >= 4 is 22.5 Å². The van der Waals surface area contributed by atoms with Gasteiger partial charge in [-0.3, -0.25) is 0 Å². The van der Waals surface area contributed by atoms with Gasteiger partial charge >= 0.3 is 6.29 Å². The van der Waals surface area contributed by atoms with Gasteiger partial charge in [0, 0.05) is 31.4 Å². The minimum absolute atomic E-state index is 0.0515. The van der Waals surface area contributed by atoms with Gasteiger partial charge in [-0.2, -0.15) is 4.52 Å². The molecule has 3 aliphatic heterocycles. The lowest BCUT2D eigenvalue weighted by molar-refractivity contribution is -0.286. The van der Waals surface area contributed by atoms with E-state index in [1.54, 1.807) is 0 Å². The number of nitrogen functional groups attached to an aromatic ring is 1. The van der Waals surface area contributed by atoms with Gasteiger partial charge < -0.3 is 24.8 Å². The number of aromatic nitrogens is 4. The van der Waals surface area contributed by atoms with Crippen LogP contribution in [-0.2, 0) is 11.2 Å². The van der Waals surface area contributed by atoms with Crippen LogP contribution in [0.15, 0.2) is 12.1 Å². The summed E-state index contributed by atoms with van der Waals surface area (Å²) in [4.78, 5) is 10.6. The van der Waals surface area contributed by atoms with Gasteiger partial charge in [-0.25, -0.2) is 18.7 Å². The van der Waals surface area contributed by atoms with Crippen molar-refractivity contribution in [2.24, 2.45) is 11.8 Å². The standard InChI is InChI=1S/C19H18F4N6O3/c20-18(21)9-5-28(6-10(18)8-30-7-9)4-3-13-25-16-11-1-2-12-15(32-19(22,23)31-12)14(11)26-17(24)29(16)27-13/h1-2,9-10H,3-8H2,(H2,24,26). The van der Waals surface area contributed by atoms with Crippen LogP contribution in [0.3, 0.4) is 0 Å². The van der Waals surface area contributed by atoms with Crippen LogP contribution in [0.2, 0.25) is 0 Å². The fourth-order valence-electron chi connectivity index (χ4n) is 4.64. The van der Waals surface area contributed by atoms with Crippen molar-refractivity contribution in [2.75, 3.05) is 38.6 Å². The molecule has 2 atom stereocenters. The third-order valence-corrected chi connectivity index (χ3v) is 6.22. The maximum absolute atomic E-state index is 14.3. The molecule has 32 heavy (non-hydrogen) atoms. The highest BCUT2D eigenvalue weighted by atomic mass is 19.3. The van der Waals surface area contributed by atoms with Gasteiger partial charge in [-0.15, -0.1) is 13.9 Å². The van der Waals surface area contributed by atoms with E-state index in [0.717, 1.165) is 0 Å². The van der Waals surface area contributed by atoms with Gasteiger partial charge in [0.15, 0.2) is 23.0 Å². The molecule has 0 amide bonds. The van der Waals surface area contributed by atoms with E-state index >= 15 is 0 Å². The van der Waals surface area contributed by atoms with E-state index in [9.17, 15) is 17.6 Å². The SMILES string of the molecule is Nc1nc2c3c(ccc2c2nc(CCN4CC5COCC(C4)C5(F)F)nn12)OC(F)(F)O3. The largest absolute Gasteiger partial charge is 0.586 e. The molecule has 5 heterocycles. The lowest BCUT2D eigenvalue weighted by Crippen LogP contribution is -2.59. The number of hydrogen-bond donors (Lipinski definition) is 1. The summed E-state index contributed by atoms with van der Waals surface area (Å²) in [7, 11) is 0. The molecular formula is C19H18F4N6O3. The van der Waals surface area contributed by atoms with Crippen LogP contribution >= 0.6 is 0 Å². The summed E-state index contributed by atoms with van der Waals surface area (Å²) in [5.74, 6) is -4.33. The molecule has 2 saturated heterocycles. The number of fused-ring (bicyclic) bond motifs is 7. The molecule has 2 bridgehead atoms. The first kappa shape index (κ1) is 19.7. The third kappa shape index (κ3) is 2.94. The first-order valence-electron chi connectivity index (χ1n) is 10.1. The summed E-state index contributed by atoms with van der Waals surface area (Å²) in [6.07, 6.45) is -3.39. The molecule has 0 radical (unpaired) electrons. The fourth-order valence-corrected chi connectivity index (χ4v) is 4.64. The minimum Gasteiger partial charge on any atom is -0.395 e. The van der Waals surface area contributed by atoms with Gasteiger partial charge in [-0.1, -0.05) is 0 Å². The Balaban J connectivity index is 1.28. The lowest BCUT2D eigenvalue weighted by Gasteiger charge is -2.46. The van der Waals surface area contributed by atoms with Crippen molar-refractivity contribution < 1.29 is 31.8 Å². The van der Waals surface area contributed by atoms with E-state index in [4.69, 9.17) is 10.5 Å². The van der Waals surface area contributed by atoms with Crippen LogP contribution in [-0.4, -0.2) is 69.5 Å². The Morgan fingerprint density at radius 2 is 1.81 bits per heavy atom. The Labute approximate surface area is 178 Å². The number of piperidine rings is 1. The summed E-state index contributed by atoms with van der Waals surface area (Å²) in [5, 5.41) is 4.79. The second-order valence-electron chi connectivity index (χ2n) is 8.31. The summed E-state index contributed by atoms with van der Waals surface area (Å²) in [5.41, 5.74) is 6.41. The molecule has 170 valence electrons. The van der Waals surface area contributed by atoms with E-state index in [-0.39, 0.29) is 49.3 Å². The molecule has 0 spiro atoms. The molecule has 2 N–H and O–H groups in total. The number of benzene rings is 1. The number of nitrogens with zero attached hydrogens (tertiary/aromatic N) is 5. The van der Waals surface area contributed by atoms with Crippen LogP contribution in [0.25, 0.3) is 16.6 Å². The van der Waals surface area contributed by atoms with E-state index in [1.807, 2.05) is 4.90 Å². The van der Waals surface area contributed by atoms with Crippen molar-refractivity contribution in [3.05, 3.63) is 18.0 Å². The van der Waals surface area contributed by atoms with Gasteiger partial charge in [0.1, 0.15) is 5.52 Å². The van der Waals surface area contributed by atoms with Crippen molar-refractivity contribution in [3.8, 4) is 11.5 Å². The zero-order valence-electron chi connectivity index (χ0n) is 16.6. The number of nitrogens with two attached hydrogens (primary N) is 1. The second-order valence-corrected chi connectivity index (χ2v) is 8.31. The fraction of sp³-hybridized carbons (Fsp3) is 0.526. The molecule has 6 rings (SSSR count). The Hall–Kier alpha value is -2.93. The molecule has 13 heteroatoms. The molecule has 2 unspecified atom stereocenters. The highest BCUT2D eigenvalue weighted by Crippen LogP contribution is 2.45. The monoisotopic (exact) mass is 454 g/mol. The minimum atomic E-state index is -3.79. The second kappa shape index (κ2) is 6.54. The number of likely N-dealkylation sites (tertiary alicyclic amines) is 1. The Morgan fingerprint density at radius 1 is 1.06 bits per heavy atom. The van der Waals surface area contributed by atoms with Crippen LogP contribution in [0.4, 0.5) is 23.5 Å². The molecular weight excluding hydrogens is 436 g/mol. The van der Waals surface area contributed by atoms with Gasteiger partial charge in [0.05, 0.1) is 25.0 Å². The molecule has 0 saturated carbocycles. The molecule has 9 nitrogen and oxygen atoms in total. The molecule has 1 aromatic carbocycles. The number of ether oxygens (including phenoxy) is 3. The maximum atomic E-state index is 14.3. The predicted molar refractivity (Wildman–Crippen MR) is 102 cm³/mol. The van der Waals surface area contributed by atoms with Gasteiger partial charge in [-0.05, 0) is 12.1 Å². The first-order chi connectivity index (χ1) is 15.2. The number of hydrogen-bond acceptors (Lipinski definition) is 8. The third-order valence-electron chi connectivity index (χ3n) is 6.22. The van der Waals surface area contributed by atoms with Crippen LogP contribution in [0, 0.1) is 11.8 Å². The Morgan fingerprint density at radius 3 is 2.56 bits per heavy atom. The topological polar surface area (TPSA) is 100 Å². The zero-order valence-corrected chi connectivity index (χ0v) is 16.6. The first-order valence-corrected chi connectivity index (χ1v) is 10.1. The predicted octanol–water partition coefficient (Wildman–Crippen LogP) is 1.94. The summed E-state index contributed by atoms with van der Waals surface area (Å²) in [6.45, 7) is 1.07. The van der Waals surface area contributed by atoms with E-state index < -0.39 is 24.1 Å². The van der Waals surface area contributed by atoms with Crippen LogP contribution < -0.4 is 15.2 Å². The van der Waals surface area contributed by atoms with Crippen LogP contribution in [0.5, 0.6) is 11.5 Å². The number of alkyl halides is 4. The lowest BCUT2D eigenvalue weighted by atomic mass is 9.83. The van der Waals surface area contributed by atoms with Crippen molar-refractivity contribution in [2.45, 2.75) is 18.6 Å². The molecule has 3 aromatic rings. The highest BCUT2D eigenvalue weighted by molar-refractivity contribution is 5.97.